The molecule has 156 valence electrons. The number of halogens is 2. The average Bonchev–Trinajstić information content (AvgIpc) is 3.19. The van der Waals surface area contributed by atoms with Crippen molar-refractivity contribution < 1.29 is 51.0 Å². The van der Waals surface area contributed by atoms with Crippen LogP contribution in [0.2, 0.25) is 0 Å². The Bertz CT molecular complexity index is 742. The molecule has 0 fully saturated rings. The summed E-state index contributed by atoms with van der Waals surface area (Å²) in [6, 6.07) is 18.1. The fourth-order valence-corrected chi connectivity index (χ4v) is 3.05. The van der Waals surface area contributed by atoms with Crippen LogP contribution in [0.3, 0.4) is 0 Å². The zero-order valence-electron chi connectivity index (χ0n) is 18.3. The number of rotatable bonds is 0. The molecule has 0 saturated carbocycles. The molecule has 2 aliphatic carbocycles. The summed E-state index contributed by atoms with van der Waals surface area (Å²) in [7, 11) is 0. The van der Waals surface area contributed by atoms with E-state index in [2.05, 4.69) is 88.4 Å². The van der Waals surface area contributed by atoms with Gasteiger partial charge in [-0.05, 0) is 6.42 Å². The molecule has 0 bridgehead atoms. The SMILES string of the molecule is CC1[C-]=CC(C(C)(C)C)=C1.C[CH-]C.[Cl-].[Cl-].[Zr+2].[c-]1cccc2c1Cc1ccccc1-2. The van der Waals surface area contributed by atoms with Crippen LogP contribution >= 0.6 is 0 Å². The van der Waals surface area contributed by atoms with Gasteiger partial charge in [0.1, 0.15) is 0 Å². The second-order valence-corrected chi connectivity index (χ2v) is 7.95. The van der Waals surface area contributed by atoms with Gasteiger partial charge < -0.3 is 31.2 Å². The Balaban J connectivity index is 0. The van der Waals surface area contributed by atoms with Crippen molar-refractivity contribution in [3.05, 3.63) is 89.9 Å². The first-order chi connectivity index (χ1) is 12.4. The average molecular weight is 506 g/mol. The monoisotopic (exact) mass is 503 g/mol. The Morgan fingerprint density at radius 3 is 2.07 bits per heavy atom. The van der Waals surface area contributed by atoms with E-state index in [-0.39, 0.29) is 51.0 Å². The molecule has 3 heteroatoms. The van der Waals surface area contributed by atoms with Gasteiger partial charge in [0.25, 0.3) is 0 Å². The molecular weight excluding hydrogens is 474 g/mol. The molecule has 0 radical (unpaired) electrons. The summed E-state index contributed by atoms with van der Waals surface area (Å²) >= 11 is 0. The zero-order chi connectivity index (χ0) is 19.2. The van der Waals surface area contributed by atoms with Gasteiger partial charge in [-0.1, -0.05) is 74.4 Å². The first-order valence-electron chi connectivity index (χ1n) is 9.50. The molecule has 0 spiro atoms. The number of fused-ring (bicyclic) bond motifs is 3. The number of hydrogen-bond acceptors (Lipinski definition) is 0. The minimum atomic E-state index is 0. The summed E-state index contributed by atoms with van der Waals surface area (Å²) in [5.74, 6) is 0.522. The first-order valence-corrected chi connectivity index (χ1v) is 9.50. The Hall–Kier alpha value is -0.617. The van der Waals surface area contributed by atoms with E-state index in [0.29, 0.717) is 11.3 Å². The minimum absolute atomic E-state index is 0. The Kier molecular flexibility index (Phi) is 15.2. The second-order valence-electron chi connectivity index (χ2n) is 7.95. The van der Waals surface area contributed by atoms with E-state index in [1.165, 1.54) is 27.8 Å². The van der Waals surface area contributed by atoms with Crippen molar-refractivity contribution in [3.63, 3.8) is 0 Å². The molecule has 0 nitrogen and oxygen atoms in total. The molecule has 4 rings (SSSR count). The maximum Gasteiger partial charge on any atom is 2.00 e. The van der Waals surface area contributed by atoms with E-state index < -0.39 is 0 Å². The van der Waals surface area contributed by atoms with Crippen molar-refractivity contribution in [3.8, 4) is 11.1 Å². The van der Waals surface area contributed by atoms with Crippen LogP contribution in [-0.2, 0) is 32.6 Å². The van der Waals surface area contributed by atoms with E-state index in [4.69, 9.17) is 0 Å². The van der Waals surface area contributed by atoms with Crippen molar-refractivity contribution in [1.29, 1.82) is 0 Å². The zero-order valence-corrected chi connectivity index (χ0v) is 22.3. The largest absolute Gasteiger partial charge is 2.00 e. The van der Waals surface area contributed by atoms with E-state index in [9.17, 15) is 0 Å². The Morgan fingerprint density at radius 2 is 1.55 bits per heavy atom. The van der Waals surface area contributed by atoms with E-state index >= 15 is 0 Å². The van der Waals surface area contributed by atoms with E-state index in [1.54, 1.807) is 0 Å². The van der Waals surface area contributed by atoms with Crippen molar-refractivity contribution in [2.24, 2.45) is 11.3 Å². The molecule has 0 saturated heterocycles. The smallest absolute Gasteiger partial charge is 1.00 e. The van der Waals surface area contributed by atoms with Crippen LogP contribution < -0.4 is 24.8 Å². The van der Waals surface area contributed by atoms with Crippen LogP contribution in [-0.4, -0.2) is 0 Å². The topological polar surface area (TPSA) is 0 Å². The molecule has 0 aliphatic heterocycles. The molecule has 1 unspecified atom stereocenters. The van der Waals surface area contributed by atoms with Crippen LogP contribution in [0, 0.1) is 29.9 Å². The molecule has 29 heavy (non-hydrogen) atoms. The second kappa shape index (κ2) is 14.4. The fraction of sp³-hybridized carbons (Fsp3) is 0.346. The Labute approximate surface area is 210 Å². The van der Waals surface area contributed by atoms with Gasteiger partial charge in [0.05, 0.1) is 0 Å². The van der Waals surface area contributed by atoms with Crippen molar-refractivity contribution >= 4 is 0 Å². The van der Waals surface area contributed by atoms with E-state index in [1.807, 2.05) is 26.3 Å². The van der Waals surface area contributed by atoms with Gasteiger partial charge in [0.2, 0.25) is 0 Å². The van der Waals surface area contributed by atoms with Gasteiger partial charge in [0.15, 0.2) is 0 Å². The molecule has 2 aromatic rings. The van der Waals surface area contributed by atoms with Gasteiger partial charge in [-0.3, -0.25) is 6.08 Å². The normalized spacial score (nSPS) is 14.8. The van der Waals surface area contributed by atoms with Gasteiger partial charge in [-0.15, -0.1) is 5.56 Å². The van der Waals surface area contributed by atoms with Gasteiger partial charge in [-0.2, -0.15) is 55.3 Å². The first kappa shape index (κ1) is 30.6. The van der Waals surface area contributed by atoms with Crippen molar-refractivity contribution in [2.75, 3.05) is 0 Å². The molecule has 1 atom stereocenters. The fourth-order valence-electron chi connectivity index (χ4n) is 3.05. The van der Waals surface area contributed by atoms with Gasteiger partial charge >= 0.3 is 26.2 Å². The molecular formula is C26H31Cl2Zr-3. The van der Waals surface area contributed by atoms with Crippen molar-refractivity contribution in [1.82, 2.24) is 0 Å². The van der Waals surface area contributed by atoms with Crippen LogP contribution in [0.4, 0.5) is 0 Å². The quantitative estimate of drug-likeness (QED) is 0.404. The standard InChI is InChI=1S/C13H9.C10H15.C3H7.2ClH.Zr/c1-3-7-12-10(5-1)9-11-6-2-4-8-13(11)12;1-8-5-6-9(7-8)10(2,3)4;1-3-2;;;/h1-5,7-8H,9H2;6-8H,1-4H3;3H,1-2H3;2*1H;/q3*-1;;;+2/p-2. The van der Waals surface area contributed by atoms with E-state index in [0.717, 1.165) is 6.42 Å². The Morgan fingerprint density at radius 1 is 0.966 bits per heavy atom. The van der Waals surface area contributed by atoms with Crippen LogP contribution in [0.15, 0.2) is 60.2 Å². The summed E-state index contributed by atoms with van der Waals surface area (Å²) in [4.78, 5) is 0. The summed E-state index contributed by atoms with van der Waals surface area (Å²) in [5.41, 5.74) is 7.23. The molecule has 0 heterocycles. The van der Waals surface area contributed by atoms with Gasteiger partial charge in [0, 0.05) is 0 Å². The minimum Gasteiger partial charge on any atom is -1.00 e. The van der Waals surface area contributed by atoms with Crippen molar-refractivity contribution in [2.45, 2.75) is 48.0 Å². The summed E-state index contributed by atoms with van der Waals surface area (Å²) in [6.45, 7) is 12.9. The molecule has 0 N–H and O–H groups in total. The predicted molar refractivity (Wildman–Crippen MR) is 114 cm³/mol. The number of allylic oxidation sites excluding steroid dienone is 4. The summed E-state index contributed by atoms with van der Waals surface area (Å²) in [6.07, 6.45) is 10.7. The molecule has 0 aromatic heterocycles. The third kappa shape index (κ3) is 8.96. The number of benzene rings is 2. The number of hydrogen-bond donors (Lipinski definition) is 0. The van der Waals surface area contributed by atoms with Gasteiger partial charge in [-0.25, -0.2) is 6.08 Å². The predicted octanol–water partition coefficient (Wildman–Crippen LogP) is 1.26. The molecule has 2 aromatic carbocycles. The third-order valence-corrected chi connectivity index (χ3v) is 4.41. The maximum atomic E-state index is 3.30. The summed E-state index contributed by atoms with van der Waals surface area (Å²) < 4.78 is 0. The van der Waals surface area contributed by atoms with Crippen LogP contribution in [0.5, 0.6) is 0 Å². The molecule has 0 amide bonds. The van der Waals surface area contributed by atoms with Crippen LogP contribution in [0.25, 0.3) is 11.1 Å². The third-order valence-electron chi connectivity index (χ3n) is 4.41. The maximum absolute atomic E-state index is 3.30. The summed E-state index contributed by atoms with van der Waals surface area (Å²) in [5, 5.41) is 0. The molecule has 2 aliphatic rings. The van der Waals surface area contributed by atoms with Crippen LogP contribution in [0.1, 0.15) is 52.7 Å².